The molecule has 5 nitrogen and oxygen atoms in total. The van der Waals surface area contributed by atoms with Gasteiger partial charge >= 0.3 is 11.9 Å². The van der Waals surface area contributed by atoms with Crippen LogP contribution in [-0.2, 0) is 19.1 Å². The number of hydrogen-bond acceptors (Lipinski definition) is 5. The molecule has 0 aromatic rings. The molecule has 2 atom stereocenters. The lowest BCUT2D eigenvalue weighted by molar-refractivity contribution is -0.162. The number of nitrogens with zero attached hydrogens (tertiary/aromatic N) is 1. The average molecular weight is 596 g/mol. The highest BCUT2D eigenvalue weighted by molar-refractivity contribution is 5.72. The van der Waals surface area contributed by atoms with Gasteiger partial charge in [0, 0.05) is 6.42 Å². The van der Waals surface area contributed by atoms with E-state index in [0.29, 0.717) is 6.42 Å². The van der Waals surface area contributed by atoms with Crippen molar-refractivity contribution >= 4 is 11.9 Å². The molecule has 250 valence electrons. The molecule has 0 aliphatic carbocycles. The summed E-state index contributed by atoms with van der Waals surface area (Å²) in [6.45, 7) is 7.80. The second-order valence-electron chi connectivity index (χ2n) is 13.1. The SMILES string of the molecule is CCCCCCCCCCCC(COC(=O)C(CCCCC)CCCCCCCCCCC)OC(=O)CCCN(C)C. The first-order valence-electron chi connectivity index (χ1n) is 18.4. The van der Waals surface area contributed by atoms with Gasteiger partial charge in [0.15, 0.2) is 0 Å². The van der Waals surface area contributed by atoms with Crippen molar-refractivity contribution in [1.29, 1.82) is 0 Å². The lowest BCUT2D eigenvalue weighted by Crippen LogP contribution is -2.28. The molecular formula is C37H73NO4. The van der Waals surface area contributed by atoms with Crippen LogP contribution in [0.15, 0.2) is 0 Å². The second-order valence-corrected chi connectivity index (χ2v) is 13.1. The topological polar surface area (TPSA) is 55.8 Å². The highest BCUT2D eigenvalue weighted by Gasteiger charge is 2.22. The first-order chi connectivity index (χ1) is 20.4. The molecule has 0 bridgehead atoms. The van der Waals surface area contributed by atoms with Gasteiger partial charge in [0.2, 0.25) is 0 Å². The minimum absolute atomic E-state index is 0.0229. The third-order valence-electron chi connectivity index (χ3n) is 8.47. The van der Waals surface area contributed by atoms with Crippen LogP contribution in [0, 0.1) is 5.92 Å². The number of rotatable bonds is 32. The molecule has 0 aromatic heterocycles. The lowest BCUT2D eigenvalue weighted by Gasteiger charge is -2.21. The van der Waals surface area contributed by atoms with Crippen molar-refractivity contribution in [2.75, 3.05) is 27.2 Å². The molecule has 0 saturated carbocycles. The zero-order valence-electron chi connectivity index (χ0n) is 29.0. The van der Waals surface area contributed by atoms with E-state index in [9.17, 15) is 9.59 Å². The summed E-state index contributed by atoms with van der Waals surface area (Å²) < 4.78 is 11.7. The van der Waals surface area contributed by atoms with Crippen molar-refractivity contribution in [3.63, 3.8) is 0 Å². The molecule has 0 saturated heterocycles. The predicted octanol–water partition coefficient (Wildman–Crippen LogP) is 10.8. The zero-order chi connectivity index (χ0) is 31.1. The number of unbranched alkanes of at least 4 members (excludes halogenated alkanes) is 18. The van der Waals surface area contributed by atoms with Crippen molar-refractivity contribution in [3.05, 3.63) is 0 Å². The Morgan fingerprint density at radius 3 is 1.43 bits per heavy atom. The van der Waals surface area contributed by atoms with Crippen molar-refractivity contribution < 1.29 is 19.1 Å². The highest BCUT2D eigenvalue weighted by Crippen LogP contribution is 2.21. The minimum atomic E-state index is -0.325. The van der Waals surface area contributed by atoms with Gasteiger partial charge in [0.05, 0.1) is 5.92 Å². The van der Waals surface area contributed by atoms with Crippen LogP contribution in [0.3, 0.4) is 0 Å². The fourth-order valence-corrected chi connectivity index (χ4v) is 5.66. The average Bonchev–Trinajstić information content (AvgIpc) is 2.96. The van der Waals surface area contributed by atoms with Gasteiger partial charge in [-0.2, -0.15) is 0 Å². The molecule has 0 heterocycles. The van der Waals surface area contributed by atoms with Gasteiger partial charge in [-0.15, -0.1) is 0 Å². The predicted molar refractivity (Wildman–Crippen MR) is 180 cm³/mol. The van der Waals surface area contributed by atoms with Gasteiger partial charge in [0.25, 0.3) is 0 Å². The Kier molecular flexibility index (Phi) is 30.5. The van der Waals surface area contributed by atoms with Crippen molar-refractivity contribution in [2.45, 2.75) is 194 Å². The largest absolute Gasteiger partial charge is 0.462 e. The quantitative estimate of drug-likeness (QED) is 0.0572. The van der Waals surface area contributed by atoms with Crippen LogP contribution in [0.25, 0.3) is 0 Å². The number of carbonyl (C=O) groups is 2. The third kappa shape index (κ3) is 27.7. The summed E-state index contributed by atoms with van der Waals surface area (Å²) in [7, 11) is 4.03. The number of ether oxygens (including phenoxy) is 2. The van der Waals surface area contributed by atoms with Crippen LogP contribution in [-0.4, -0.2) is 50.2 Å². The molecule has 0 aliphatic heterocycles. The van der Waals surface area contributed by atoms with Crippen LogP contribution in [0.1, 0.15) is 188 Å². The first kappa shape index (κ1) is 40.9. The summed E-state index contributed by atoms with van der Waals surface area (Å²) in [5.74, 6) is -0.264. The monoisotopic (exact) mass is 596 g/mol. The molecule has 0 fully saturated rings. The molecule has 0 aliphatic rings. The van der Waals surface area contributed by atoms with Gasteiger partial charge < -0.3 is 14.4 Å². The fourth-order valence-electron chi connectivity index (χ4n) is 5.66. The van der Waals surface area contributed by atoms with Gasteiger partial charge in [0.1, 0.15) is 12.7 Å². The smallest absolute Gasteiger partial charge is 0.309 e. The molecule has 0 radical (unpaired) electrons. The van der Waals surface area contributed by atoms with E-state index in [1.165, 1.54) is 96.3 Å². The van der Waals surface area contributed by atoms with E-state index in [1.54, 1.807) is 0 Å². The summed E-state index contributed by atoms with van der Waals surface area (Å²) in [4.78, 5) is 27.8. The minimum Gasteiger partial charge on any atom is -0.462 e. The van der Waals surface area contributed by atoms with Crippen LogP contribution < -0.4 is 0 Å². The van der Waals surface area contributed by atoms with E-state index in [0.717, 1.165) is 70.8 Å². The fraction of sp³-hybridized carbons (Fsp3) is 0.946. The molecule has 2 unspecified atom stereocenters. The maximum atomic E-state index is 13.2. The number of carbonyl (C=O) groups excluding carboxylic acids is 2. The van der Waals surface area contributed by atoms with Crippen LogP contribution in [0.5, 0.6) is 0 Å². The Labute approximate surface area is 262 Å². The summed E-state index contributed by atoms with van der Waals surface area (Å²) >= 11 is 0. The Hall–Kier alpha value is -1.10. The first-order valence-corrected chi connectivity index (χ1v) is 18.4. The normalized spacial score (nSPS) is 12.9. The standard InChI is InChI=1S/C37H73NO4/c1-6-9-12-14-16-18-20-22-25-29-34(28-24-11-8-3)37(40)41-33-35(42-36(39)31-27-32-38(4)5)30-26-23-21-19-17-15-13-10-7-2/h34-35H,6-33H2,1-5H3. The summed E-state index contributed by atoms with van der Waals surface area (Å²) in [6.07, 6.45) is 29.8. The summed E-state index contributed by atoms with van der Waals surface area (Å²) in [6, 6.07) is 0. The highest BCUT2D eigenvalue weighted by atomic mass is 16.6. The van der Waals surface area contributed by atoms with Crippen LogP contribution in [0.4, 0.5) is 0 Å². The molecule has 42 heavy (non-hydrogen) atoms. The van der Waals surface area contributed by atoms with E-state index in [2.05, 4.69) is 25.7 Å². The maximum Gasteiger partial charge on any atom is 0.309 e. The molecule has 0 amide bonds. The van der Waals surface area contributed by atoms with Crippen LogP contribution >= 0.6 is 0 Å². The van der Waals surface area contributed by atoms with Gasteiger partial charge in [-0.1, -0.05) is 149 Å². The molecular weight excluding hydrogens is 522 g/mol. The summed E-state index contributed by atoms with van der Waals surface area (Å²) in [5, 5.41) is 0. The van der Waals surface area contributed by atoms with Crippen molar-refractivity contribution in [2.24, 2.45) is 5.92 Å². The maximum absolute atomic E-state index is 13.2. The van der Waals surface area contributed by atoms with Crippen molar-refractivity contribution in [3.8, 4) is 0 Å². The number of esters is 2. The van der Waals surface area contributed by atoms with Gasteiger partial charge in [-0.25, -0.2) is 0 Å². The molecule has 0 rings (SSSR count). The van der Waals surface area contributed by atoms with E-state index >= 15 is 0 Å². The van der Waals surface area contributed by atoms with E-state index in [1.807, 2.05) is 14.1 Å². The molecule has 0 N–H and O–H groups in total. The Morgan fingerprint density at radius 2 is 0.952 bits per heavy atom. The molecule has 5 heteroatoms. The van der Waals surface area contributed by atoms with Gasteiger partial charge in [-0.3, -0.25) is 9.59 Å². The Morgan fingerprint density at radius 1 is 0.548 bits per heavy atom. The van der Waals surface area contributed by atoms with Crippen LogP contribution in [0.2, 0.25) is 0 Å². The number of hydrogen-bond donors (Lipinski definition) is 0. The van der Waals surface area contributed by atoms with E-state index < -0.39 is 0 Å². The lowest BCUT2D eigenvalue weighted by atomic mass is 9.94. The third-order valence-corrected chi connectivity index (χ3v) is 8.47. The van der Waals surface area contributed by atoms with E-state index in [4.69, 9.17) is 9.47 Å². The second kappa shape index (κ2) is 31.3. The summed E-state index contributed by atoms with van der Waals surface area (Å²) in [5.41, 5.74) is 0. The molecule has 0 spiro atoms. The Bertz CT molecular complexity index is 594. The zero-order valence-corrected chi connectivity index (χ0v) is 29.0. The van der Waals surface area contributed by atoms with Gasteiger partial charge in [-0.05, 0) is 52.7 Å². The van der Waals surface area contributed by atoms with Crippen molar-refractivity contribution in [1.82, 2.24) is 4.90 Å². The Balaban J connectivity index is 4.68. The van der Waals surface area contributed by atoms with E-state index in [-0.39, 0.29) is 30.6 Å². The molecule has 0 aromatic carbocycles.